The number of aryl methyl sites for hydroxylation is 1. The SMILES string of the molecule is CCOC(=O)C(CC(C)=O)C(C)=O.Cc1cccc2c1B(O)OC2.NC(Cc1cccc2c1B(O)OC2)C(=O)O.OB1OCc2cccc(CBr)c21. The number of hydrogen-bond acceptors (Lipinski definition) is 12. The molecule has 0 aliphatic carbocycles. The number of halogens is 1. The number of carboxylic acids is 1. The zero-order valence-electron chi connectivity index (χ0n) is 29.5. The van der Waals surface area contributed by atoms with Crippen molar-refractivity contribution in [2.24, 2.45) is 11.7 Å². The Kier molecular flexibility index (Phi) is 16.9. The summed E-state index contributed by atoms with van der Waals surface area (Å²) in [5.74, 6) is -3.09. The second-order valence-electron chi connectivity index (χ2n) is 12.2. The van der Waals surface area contributed by atoms with Gasteiger partial charge in [0.15, 0.2) is 0 Å². The van der Waals surface area contributed by atoms with Gasteiger partial charge in [0, 0.05) is 11.8 Å². The summed E-state index contributed by atoms with van der Waals surface area (Å²) in [6, 6.07) is 16.4. The first kappa shape index (κ1) is 42.7. The van der Waals surface area contributed by atoms with Crippen molar-refractivity contribution in [3.63, 3.8) is 0 Å². The van der Waals surface area contributed by atoms with Crippen molar-refractivity contribution >= 4 is 77.2 Å². The Labute approximate surface area is 312 Å². The lowest BCUT2D eigenvalue weighted by Crippen LogP contribution is -2.37. The fourth-order valence-corrected chi connectivity index (χ4v) is 6.23. The summed E-state index contributed by atoms with van der Waals surface area (Å²) < 4.78 is 19.9. The number of hydrogen-bond donors (Lipinski definition) is 5. The summed E-state index contributed by atoms with van der Waals surface area (Å²) in [5, 5.41) is 37.9. The molecule has 3 aromatic rings. The first-order valence-electron chi connectivity index (χ1n) is 16.6. The lowest BCUT2D eigenvalue weighted by Gasteiger charge is -2.10. The van der Waals surface area contributed by atoms with Crippen molar-refractivity contribution in [3.8, 4) is 0 Å². The standard InChI is InChI=1S/C10H12BNO4.C9H14O4.C8H8BBrO2.C8H9BO2/c12-8(10(13)14)4-6-2-1-3-7-5-16-11(15)9(6)7;1-4-13-9(12)8(7(3)11)5-6(2)10;10-4-6-2-1-3-7-5-12-9(11)8(6)7;1-6-3-2-4-7-5-11-9(10)8(6)7/h1-3,8,15H,4-5,12H2,(H,13,14);8H,4-5H2,1-3H3;1-3,11H,4-5H2;2-4,10H,5H2,1H3. The van der Waals surface area contributed by atoms with Crippen LogP contribution in [0.2, 0.25) is 0 Å². The highest BCUT2D eigenvalue weighted by Gasteiger charge is 2.32. The number of benzene rings is 3. The van der Waals surface area contributed by atoms with Crippen LogP contribution in [-0.4, -0.2) is 77.7 Å². The van der Waals surface area contributed by atoms with Gasteiger partial charge in [0.05, 0.1) is 26.4 Å². The van der Waals surface area contributed by atoms with Crippen molar-refractivity contribution in [2.45, 2.75) is 71.7 Å². The van der Waals surface area contributed by atoms with Crippen LogP contribution >= 0.6 is 15.9 Å². The normalized spacial score (nSPS) is 14.6. The monoisotopic (exact) mass is 781 g/mol. The van der Waals surface area contributed by atoms with Crippen LogP contribution in [0, 0.1) is 12.8 Å². The largest absolute Gasteiger partial charge is 0.492 e. The number of ketones is 2. The summed E-state index contributed by atoms with van der Waals surface area (Å²) in [5.41, 5.74) is 14.1. The van der Waals surface area contributed by atoms with Gasteiger partial charge in [-0.25, -0.2) is 0 Å². The number of carboxylic acid groups (broad SMARTS) is 1. The molecule has 2 atom stereocenters. The molecule has 17 heteroatoms. The molecule has 0 spiro atoms. The molecule has 0 amide bonds. The van der Waals surface area contributed by atoms with E-state index in [1.807, 2.05) is 55.5 Å². The number of aliphatic carboxylic acids is 1. The second kappa shape index (κ2) is 20.5. The van der Waals surface area contributed by atoms with E-state index in [1.165, 1.54) is 13.8 Å². The van der Waals surface area contributed by atoms with E-state index in [-0.39, 0.29) is 31.0 Å². The van der Waals surface area contributed by atoms with Crippen LogP contribution in [0.4, 0.5) is 0 Å². The number of fused-ring (bicyclic) bond motifs is 3. The summed E-state index contributed by atoms with van der Waals surface area (Å²) >= 11 is 3.37. The predicted molar refractivity (Wildman–Crippen MR) is 199 cm³/mol. The van der Waals surface area contributed by atoms with Gasteiger partial charge in [0.25, 0.3) is 0 Å². The van der Waals surface area contributed by atoms with Crippen molar-refractivity contribution in [1.29, 1.82) is 0 Å². The zero-order chi connectivity index (χ0) is 38.5. The third-order valence-corrected chi connectivity index (χ3v) is 8.98. The van der Waals surface area contributed by atoms with Crippen LogP contribution in [0.3, 0.4) is 0 Å². The average Bonchev–Trinajstić information content (AvgIpc) is 3.81. The molecule has 276 valence electrons. The predicted octanol–water partition coefficient (Wildman–Crippen LogP) is 0.604. The van der Waals surface area contributed by atoms with Gasteiger partial charge in [-0.05, 0) is 78.3 Å². The van der Waals surface area contributed by atoms with E-state index in [9.17, 15) is 34.3 Å². The van der Waals surface area contributed by atoms with E-state index >= 15 is 0 Å². The van der Waals surface area contributed by atoms with Gasteiger partial charge < -0.3 is 44.6 Å². The highest BCUT2D eigenvalue weighted by atomic mass is 79.9. The molecule has 3 heterocycles. The Morgan fingerprint density at radius 2 is 1.27 bits per heavy atom. The number of Topliss-reactive ketones (excluding diaryl/α,β-unsaturated/α-hetero) is 2. The lowest BCUT2D eigenvalue weighted by molar-refractivity contribution is -0.152. The Morgan fingerprint density at radius 3 is 1.71 bits per heavy atom. The highest BCUT2D eigenvalue weighted by molar-refractivity contribution is 9.08. The fraction of sp³-hybridized carbons (Fsp3) is 0.371. The smallest absolute Gasteiger partial charge is 0.480 e. The highest BCUT2D eigenvalue weighted by Crippen LogP contribution is 2.16. The van der Waals surface area contributed by atoms with Gasteiger partial charge in [0.2, 0.25) is 0 Å². The molecule has 6 N–H and O–H groups in total. The minimum atomic E-state index is -1.05. The first-order chi connectivity index (χ1) is 24.7. The fourth-order valence-electron chi connectivity index (χ4n) is 5.74. The number of carbonyl (C=O) groups excluding carboxylic acids is 3. The van der Waals surface area contributed by atoms with E-state index in [0.29, 0.717) is 25.3 Å². The molecule has 0 aromatic heterocycles. The summed E-state index contributed by atoms with van der Waals surface area (Å²) in [6.07, 6.45) is 0.132. The number of alkyl halides is 1. The number of esters is 1. The van der Waals surface area contributed by atoms with Crippen LogP contribution in [0.15, 0.2) is 54.6 Å². The molecule has 0 saturated carbocycles. The maximum Gasteiger partial charge on any atom is 0.492 e. The van der Waals surface area contributed by atoms with E-state index in [2.05, 4.69) is 20.7 Å². The van der Waals surface area contributed by atoms with Crippen LogP contribution in [0.5, 0.6) is 0 Å². The Balaban J connectivity index is 0.000000189. The van der Waals surface area contributed by atoms with E-state index < -0.39 is 45.3 Å². The summed E-state index contributed by atoms with van der Waals surface area (Å²) in [4.78, 5) is 43.4. The number of rotatable bonds is 9. The summed E-state index contributed by atoms with van der Waals surface area (Å²) in [6.45, 7) is 7.90. The number of carbonyl (C=O) groups is 4. The molecule has 0 radical (unpaired) electrons. The molecule has 0 bridgehead atoms. The van der Waals surface area contributed by atoms with E-state index in [4.69, 9.17) is 24.8 Å². The Bertz CT molecular complexity index is 1730. The Morgan fingerprint density at radius 1 is 0.808 bits per heavy atom. The number of ether oxygens (including phenoxy) is 1. The zero-order valence-corrected chi connectivity index (χ0v) is 31.1. The van der Waals surface area contributed by atoms with Gasteiger partial charge in [-0.1, -0.05) is 76.1 Å². The van der Waals surface area contributed by atoms with Gasteiger partial charge in [-0.15, -0.1) is 0 Å². The van der Waals surface area contributed by atoms with E-state index in [0.717, 1.165) is 49.6 Å². The first-order valence-corrected chi connectivity index (χ1v) is 17.7. The van der Waals surface area contributed by atoms with Gasteiger partial charge >= 0.3 is 33.3 Å². The van der Waals surface area contributed by atoms with Gasteiger partial charge in [0.1, 0.15) is 23.5 Å². The van der Waals surface area contributed by atoms with Crippen LogP contribution in [-0.2, 0) is 69.4 Å². The van der Waals surface area contributed by atoms with Crippen molar-refractivity contribution < 1.29 is 58.1 Å². The maximum atomic E-state index is 11.1. The minimum absolute atomic E-state index is 0.0613. The van der Waals surface area contributed by atoms with E-state index in [1.54, 1.807) is 13.0 Å². The molecule has 2 unspecified atom stereocenters. The molecule has 0 fully saturated rings. The average molecular weight is 782 g/mol. The quantitative estimate of drug-likeness (QED) is 0.0873. The molecule has 3 aliphatic heterocycles. The molecule has 3 aliphatic rings. The lowest BCUT2D eigenvalue weighted by atomic mass is 9.75. The van der Waals surface area contributed by atoms with Crippen molar-refractivity contribution in [3.05, 3.63) is 88.0 Å². The van der Waals surface area contributed by atoms with Crippen LogP contribution < -0.4 is 22.1 Å². The van der Waals surface area contributed by atoms with Gasteiger partial charge in [-0.2, -0.15) is 0 Å². The molecular weight excluding hydrogens is 739 g/mol. The molecule has 3 aromatic carbocycles. The molecule has 52 heavy (non-hydrogen) atoms. The molecule has 6 rings (SSSR count). The summed E-state index contributed by atoms with van der Waals surface area (Å²) in [7, 11) is -2.40. The second-order valence-corrected chi connectivity index (χ2v) is 12.8. The third-order valence-electron chi connectivity index (χ3n) is 8.37. The molecule has 13 nitrogen and oxygen atoms in total. The van der Waals surface area contributed by atoms with Crippen LogP contribution in [0.25, 0.3) is 0 Å². The van der Waals surface area contributed by atoms with Crippen molar-refractivity contribution in [2.75, 3.05) is 6.61 Å². The number of nitrogens with two attached hydrogens (primary N) is 1. The maximum absolute atomic E-state index is 11.1. The van der Waals surface area contributed by atoms with Crippen molar-refractivity contribution in [1.82, 2.24) is 0 Å². The molecule has 0 saturated heterocycles. The Hall–Kier alpha value is -3.67. The third kappa shape index (κ3) is 11.7. The van der Waals surface area contributed by atoms with Gasteiger partial charge in [-0.3, -0.25) is 19.2 Å². The molecular formula is C35H43B3BrNO12. The topological polar surface area (TPSA) is 212 Å². The van der Waals surface area contributed by atoms with Crippen LogP contribution in [0.1, 0.15) is 60.6 Å². The minimum Gasteiger partial charge on any atom is -0.480 e.